The van der Waals surface area contributed by atoms with Crippen molar-refractivity contribution in [3.63, 3.8) is 0 Å². The van der Waals surface area contributed by atoms with E-state index in [1.807, 2.05) is 19.3 Å². The summed E-state index contributed by atoms with van der Waals surface area (Å²) in [6.07, 6.45) is 14.5. The minimum Gasteiger partial charge on any atom is -0.389 e. The fourth-order valence-electron chi connectivity index (χ4n) is 3.62. The van der Waals surface area contributed by atoms with Crippen molar-refractivity contribution in [2.75, 3.05) is 26.7 Å². The molecule has 1 unspecified atom stereocenters. The molecule has 2 aliphatic heterocycles. The Kier molecular flexibility index (Phi) is 7.50. The van der Waals surface area contributed by atoms with E-state index in [1.54, 1.807) is 0 Å². The number of rotatable bonds is 8. The number of dihydropyridines is 1. The molecule has 0 aromatic heterocycles. The highest BCUT2D eigenvalue weighted by Gasteiger charge is 2.23. The third-order valence-corrected chi connectivity index (χ3v) is 5.39. The van der Waals surface area contributed by atoms with Gasteiger partial charge in [-0.1, -0.05) is 18.9 Å². The summed E-state index contributed by atoms with van der Waals surface area (Å²) in [4.78, 5) is 0. The Labute approximate surface area is 172 Å². The van der Waals surface area contributed by atoms with E-state index < -0.39 is 0 Å². The summed E-state index contributed by atoms with van der Waals surface area (Å²) in [7, 11) is 1.92. The van der Waals surface area contributed by atoms with E-state index in [2.05, 4.69) is 44.1 Å². The predicted octanol–water partition coefficient (Wildman–Crippen LogP) is 0.962. The molecule has 3 rings (SSSR count). The molecule has 1 aliphatic carbocycles. The van der Waals surface area contributed by atoms with E-state index in [-0.39, 0.29) is 6.04 Å². The smallest absolute Gasteiger partial charge is 0.172 e. The van der Waals surface area contributed by atoms with Gasteiger partial charge in [-0.2, -0.15) is 0 Å². The zero-order valence-electron chi connectivity index (χ0n) is 16.4. The summed E-state index contributed by atoms with van der Waals surface area (Å²) in [6, 6.07) is 0.528. The third-order valence-electron chi connectivity index (χ3n) is 5.17. The van der Waals surface area contributed by atoms with Crippen molar-refractivity contribution in [3.05, 3.63) is 47.1 Å². The summed E-state index contributed by atoms with van der Waals surface area (Å²) in [6.45, 7) is 2.41. The first kappa shape index (κ1) is 20.4. The Balaban J connectivity index is 1.58. The van der Waals surface area contributed by atoms with Crippen LogP contribution in [0, 0.1) is 5.41 Å². The van der Waals surface area contributed by atoms with Crippen LogP contribution >= 0.6 is 12.2 Å². The van der Waals surface area contributed by atoms with Crippen molar-refractivity contribution >= 4 is 23.5 Å². The molecule has 28 heavy (non-hydrogen) atoms. The third kappa shape index (κ3) is 5.59. The van der Waals surface area contributed by atoms with Crippen molar-refractivity contribution in [1.29, 1.82) is 5.41 Å². The molecule has 2 heterocycles. The lowest BCUT2D eigenvalue weighted by Gasteiger charge is -2.31. The number of thiocarbonyl (C=S) groups is 1. The highest BCUT2D eigenvalue weighted by Crippen LogP contribution is 2.20. The van der Waals surface area contributed by atoms with Crippen LogP contribution in [0.3, 0.4) is 0 Å². The summed E-state index contributed by atoms with van der Waals surface area (Å²) < 4.78 is 0. The molecule has 0 spiro atoms. The highest BCUT2D eigenvalue weighted by atomic mass is 32.1. The maximum absolute atomic E-state index is 7.75. The van der Waals surface area contributed by atoms with Gasteiger partial charge in [-0.15, -0.1) is 0 Å². The van der Waals surface area contributed by atoms with Crippen LogP contribution in [0.5, 0.6) is 0 Å². The summed E-state index contributed by atoms with van der Waals surface area (Å²) in [5, 5.41) is 28.4. The Morgan fingerprint density at radius 3 is 2.86 bits per heavy atom. The first-order valence-electron chi connectivity index (χ1n) is 9.99. The molecule has 1 atom stereocenters. The van der Waals surface area contributed by atoms with Gasteiger partial charge in [0.1, 0.15) is 5.82 Å². The lowest BCUT2D eigenvalue weighted by Crippen LogP contribution is -2.48. The van der Waals surface area contributed by atoms with Gasteiger partial charge in [-0.3, -0.25) is 0 Å². The molecule has 0 amide bonds. The van der Waals surface area contributed by atoms with Crippen LogP contribution in [0.2, 0.25) is 0 Å². The molecule has 1 fully saturated rings. The second-order valence-electron chi connectivity index (χ2n) is 7.25. The zero-order valence-corrected chi connectivity index (χ0v) is 17.2. The molecule has 7 N–H and O–H groups in total. The topological polar surface area (TPSA) is 96.0 Å². The molecule has 0 bridgehead atoms. The summed E-state index contributed by atoms with van der Waals surface area (Å²) >= 11 is 5.46. The first-order valence-corrected chi connectivity index (χ1v) is 10.4. The Bertz CT molecular complexity index is 701. The van der Waals surface area contributed by atoms with Gasteiger partial charge >= 0.3 is 0 Å². The zero-order chi connectivity index (χ0) is 19.8. The molecule has 3 aliphatic rings. The van der Waals surface area contributed by atoms with Crippen LogP contribution < -0.4 is 31.9 Å². The molecule has 1 saturated carbocycles. The second-order valence-corrected chi connectivity index (χ2v) is 7.66. The fraction of sp³-hybridized carbons (Fsp3) is 0.500. The number of allylic oxidation sites excluding steroid dienone is 2. The largest absolute Gasteiger partial charge is 0.389 e. The average Bonchev–Trinajstić information content (AvgIpc) is 3.20. The van der Waals surface area contributed by atoms with E-state index in [1.165, 1.54) is 31.9 Å². The molecular formula is C20H31N7S. The normalized spacial score (nSPS) is 22.0. The number of hydrogen-bond acceptors (Lipinski definition) is 6. The quantitative estimate of drug-likeness (QED) is 0.185. The van der Waals surface area contributed by atoms with Gasteiger partial charge in [0.2, 0.25) is 0 Å². The minimum atomic E-state index is 0.0335. The maximum atomic E-state index is 7.75. The number of fused-ring (bicyclic) bond motifs is 1. The number of likely N-dealkylation sites (N-methyl/N-ethyl adjacent to an activating group) is 1. The van der Waals surface area contributed by atoms with Crippen LogP contribution in [0.15, 0.2) is 47.1 Å². The van der Waals surface area contributed by atoms with Crippen LogP contribution in [0.4, 0.5) is 0 Å². The van der Waals surface area contributed by atoms with Crippen molar-refractivity contribution in [1.82, 2.24) is 31.9 Å². The molecule has 152 valence electrons. The molecule has 0 saturated heterocycles. The lowest BCUT2D eigenvalue weighted by atomic mass is 9.97. The van der Waals surface area contributed by atoms with E-state index in [0.717, 1.165) is 35.8 Å². The Morgan fingerprint density at radius 2 is 2.11 bits per heavy atom. The first-order chi connectivity index (χ1) is 13.7. The molecule has 0 aromatic rings. The number of hydrogen-bond donors (Lipinski definition) is 7. The van der Waals surface area contributed by atoms with E-state index in [4.69, 9.17) is 17.6 Å². The van der Waals surface area contributed by atoms with Crippen LogP contribution in [-0.2, 0) is 0 Å². The van der Waals surface area contributed by atoms with Crippen LogP contribution in [-0.4, -0.2) is 50.1 Å². The van der Waals surface area contributed by atoms with Crippen LogP contribution in [0.1, 0.15) is 25.7 Å². The SMILES string of the molecule is CNCCN/C=C(\C=N)C1=CC2NC(NC(=S)NC3CCCC3)=CC=C2NC1. The van der Waals surface area contributed by atoms with Gasteiger partial charge in [-0.05, 0) is 49.8 Å². The minimum absolute atomic E-state index is 0.0335. The van der Waals surface area contributed by atoms with Gasteiger partial charge in [0.15, 0.2) is 5.11 Å². The average molecular weight is 402 g/mol. The summed E-state index contributed by atoms with van der Waals surface area (Å²) in [5.41, 5.74) is 3.10. The van der Waals surface area contributed by atoms with E-state index in [0.29, 0.717) is 17.7 Å². The van der Waals surface area contributed by atoms with Crippen LogP contribution in [0.25, 0.3) is 0 Å². The van der Waals surface area contributed by atoms with Gasteiger partial charge in [0.25, 0.3) is 0 Å². The monoisotopic (exact) mass is 401 g/mol. The molecule has 8 heteroatoms. The summed E-state index contributed by atoms with van der Waals surface area (Å²) in [5.74, 6) is 0.885. The number of nitrogens with one attached hydrogen (secondary N) is 7. The van der Waals surface area contributed by atoms with Gasteiger partial charge in [0.05, 0.1) is 6.04 Å². The van der Waals surface area contributed by atoms with Crippen molar-refractivity contribution < 1.29 is 0 Å². The Hall–Kier alpha value is -2.32. The van der Waals surface area contributed by atoms with Gasteiger partial charge < -0.3 is 37.3 Å². The predicted molar refractivity (Wildman–Crippen MR) is 119 cm³/mol. The van der Waals surface area contributed by atoms with Crippen molar-refractivity contribution in [3.8, 4) is 0 Å². The van der Waals surface area contributed by atoms with Gasteiger partial charge in [-0.25, -0.2) is 0 Å². The van der Waals surface area contributed by atoms with Crippen molar-refractivity contribution in [2.24, 2.45) is 0 Å². The van der Waals surface area contributed by atoms with Crippen molar-refractivity contribution in [2.45, 2.75) is 37.8 Å². The fourth-order valence-corrected chi connectivity index (χ4v) is 3.90. The lowest BCUT2D eigenvalue weighted by molar-refractivity contribution is 0.606. The maximum Gasteiger partial charge on any atom is 0.172 e. The molecule has 0 aromatic carbocycles. The van der Waals surface area contributed by atoms with E-state index >= 15 is 0 Å². The molecular weight excluding hydrogens is 370 g/mol. The highest BCUT2D eigenvalue weighted by molar-refractivity contribution is 7.80. The molecule has 7 nitrogen and oxygen atoms in total. The van der Waals surface area contributed by atoms with E-state index in [9.17, 15) is 0 Å². The molecule has 0 radical (unpaired) electrons. The Morgan fingerprint density at radius 1 is 1.29 bits per heavy atom. The second kappa shape index (κ2) is 10.3. The standard InChI is InChI=1S/C20H31N7S/c1-22-8-9-23-12-15(11-21)14-10-18-17(24-13-14)6-7-19(26-18)27-20(28)25-16-4-2-3-5-16/h6-7,10-12,16,18,21-24,26H,2-5,8-9,13H2,1H3,(H2,25,27,28)/b15-12+,21-11?. The van der Waals surface area contributed by atoms with Gasteiger partial charge in [0, 0.05) is 49.4 Å².